The molecule has 0 bridgehead atoms. The van der Waals surface area contributed by atoms with Crippen molar-refractivity contribution in [3.63, 3.8) is 0 Å². The standard InChI is InChI=1S/C14H17N5O/c1-10(5-6-12-4-3-7-20-12)17-13-8-11(2)18-14-15-9-16-19(13)14/h3-4,7-10,17H,5-6H2,1-2H3/t10-/m0/s1. The minimum absolute atomic E-state index is 0.300. The predicted octanol–water partition coefficient (Wildman–Crippen LogP) is 2.46. The number of hydrogen-bond acceptors (Lipinski definition) is 5. The van der Waals surface area contributed by atoms with Gasteiger partial charge in [0.1, 0.15) is 17.9 Å². The number of rotatable bonds is 5. The van der Waals surface area contributed by atoms with Crippen molar-refractivity contribution < 1.29 is 4.42 Å². The van der Waals surface area contributed by atoms with E-state index in [9.17, 15) is 0 Å². The van der Waals surface area contributed by atoms with E-state index in [-0.39, 0.29) is 0 Å². The molecule has 20 heavy (non-hydrogen) atoms. The molecule has 0 saturated heterocycles. The number of nitrogens with zero attached hydrogens (tertiary/aromatic N) is 4. The van der Waals surface area contributed by atoms with Gasteiger partial charge in [-0.3, -0.25) is 0 Å². The van der Waals surface area contributed by atoms with Crippen LogP contribution < -0.4 is 5.32 Å². The van der Waals surface area contributed by atoms with Crippen molar-refractivity contribution in [1.82, 2.24) is 19.6 Å². The molecule has 0 aromatic carbocycles. The highest BCUT2D eigenvalue weighted by molar-refractivity contribution is 5.45. The molecular weight excluding hydrogens is 254 g/mol. The molecule has 0 aliphatic rings. The fourth-order valence-electron chi connectivity index (χ4n) is 2.17. The first-order chi connectivity index (χ1) is 9.72. The van der Waals surface area contributed by atoms with Crippen LogP contribution >= 0.6 is 0 Å². The van der Waals surface area contributed by atoms with Crippen LogP contribution in [0.5, 0.6) is 0 Å². The quantitative estimate of drug-likeness (QED) is 0.772. The van der Waals surface area contributed by atoms with Crippen molar-refractivity contribution in [1.29, 1.82) is 0 Å². The Bertz CT molecular complexity index is 689. The minimum atomic E-state index is 0.300. The van der Waals surface area contributed by atoms with Crippen molar-refractivity contribution in [3.8, 4) is 0 Å². The molecule has 3 heterocycles. The third kappa shape index (κ3) is 2.64. The number of fused-ring (bicyclic) bond motifs is 1. The van der Waals surface area contributed by atoms with Crippen LogP contribution in [0.3, 0.4) is 0 Å². The predicted molar refractivity (Wildman–Crippen MR) is 75.6 cm³/mol. The van der Waals surface area contributed by atoms with Crippen LogP contribution in [0.2, 0.25) is 0 Å². The molecule has 0 radical (unpaired) electrons. The van der Waals surface area contributed by atoms with Gasteiger partial charge in [0.25, 0.3) is 5.78 Å². The SMILES string of the molecule is Cc1cc(N[C@@H](C)CCc2ccco2)n2ncnc2n1. The first-order valence-electron chi connectivity index (χ1n) is 6.68. The van der Waals surface area contributed by atoms with Gasteiger partial charge in [-0.2, -0.15) is 14.6 Å². The fraction of sp³-hybridized carbons (Fsp3) is 0.357. The van der Waals surface area contributed by atoms with E-state index in [1.807, 2.05) is 25.1 Å². The molecule has 0 saturated carbocycles. The Morgan fingerprint density at radius 3 is 3.15 bits per heavy atom. The van der Waals surface area contributed by atoms with E-state index in [4.69, 9.17) is 4.42 Å². The lowest BCUT2D eigenvalue weighted by Crippen LogP contribution is -2.18. The summed E-state index contributed by atoms with van der Waals surface area (Å²) in [4.78, 5) is 8.44. The molecular formula is C14H17N5O. The Balaban J connectivity index is 1.70. The van der Waals surface area contributed by atoms with Crippen LogP contribution in [-0.4, -0.2) is 25.6 Å². The van der Waals surface area contributed by atoms with Crippen LogP contribution in [0.25, 0.3) is 5.78 Å². The van der Waals surface area contributed by atoms with Crippen LogP contribution in [0.1, 0.15) is 24.8 Å². The summed E-state index contributed by atoms with van der Waals surface area (Å²) in [7, 11) is 0. The van der Waals surface area contributed by atoms with Crippen molar-refractivity contribution in [2.24, 2.45) is 0 Å². The average Bonchev–Trinajstić information content (AvgIpc) is 3.06. The zero-order chi connectivity index (χ0) is 13.9. The molecule has 3 aromatic rings. The normalized spacial score (nSPS) is 12.7. The molecule has 0 aliphatic carbocycles. The van der Waals surface area contributed by atoms with E-state index in [0.717, 1.165) is 30.1 Å². The summed E-state index contributed by atoms with van der Waals surface area (Å²) in [6, 6.07) is 6.19. The maximum absolute atomic E-state index is 5.35. The van der Waals surface area contributed by atoms with Crippen LogP contribution in [0.4, 0.5) is 5.82 Å². The Morgan fingerprint density at radius 1 is 1.45 bits per heavy atom. The summed E-state index contributed by atoms with van der Waals surface area (Å²) in [6.07, 6.45) is 5.11. The lowest BCUT2D eigenvalue weighted by molar-refractivity contribution is 0.494. The molecule has 6 nitrogen and oxygen atoms in total. The summed E-state index contributed by atoms with van der Waals surface area (Å²) in [5.41, 5.74) is 0.922. The highest BCUT2D eigenvalue weighted by atomic mass is 16.3. The van der Waals surface area contributed by atoms with Gasteiger partial charge in [-0.25, -0.2) is 4.98 Å². The summed E-state index contributed by atoms with van der Waals surface area (Å²) < 4.78 is 7.06. The highest BCUT2D eigenvalue weighted by Gasteiger charge is 2.09. The lowest BCUT2D eigenvalue weighted by atomic mass is 10.1. The molecule has 3 aromatic heterocycles. The van der Waals surface area contributed by atoms with Gasteiger partial charge in [-0.1, -0.05) is 0 Å². The van der Waals surface area contributed by atoms with Crippen molar-refractivity contribution in [3.05, 3.63) is 42.2 Å². The second-order valence-corrected chi connectivity index (χ2v) is 4.92. The fourth-order valence-corrected chi connectivity index (χ4v) is 2.17. The minimum Gasteiger partial charge on any atom is -0.469 e. The van der Waals surface area contributed by atoms with Gasteiger partial charge >= 0.3 is 0 Å². The van der Waals surface area contributed by atoms with Gasteiger partial charge in [-0.15, -0.1) is 0 Å². The third-order valence-electron chi connectivity index (χ3n) is 3.18. The number of nitrogens with one attached hydrogen (secondary N) is 1. The molecule has 1 atom stereocenters. The number of hydrogen-bond donors (Lipinski definition) is 1. The molecule has 0 aliphatic heterocycles. The molecule has 1 N–H and O–H groups in total. The topological polar surface area (TPSA) is 68.2 Å². The van der Waals surface area contributed by atoms with Gasteiger partial charge in [0.05, 0.1) is 6.26 Å². The second kappa shape index (κ2) is 5.32. The summed E-state index contributed by atoms with van der Waals surface area (Å²) in [5, 5.41) is 7.64. The monoisotopic (exact) mass is 271 g/mol. The molecule has 3 rings (SSSR count). The van der Waals surface area contributed by atoms with E-state index in [1.165, 1.54) is 6.33 Å². The van der Waals surface area contributed by atoms with E-state index in [0.29, 0.717) is 11.8 Å². The van der Waals surface area contributed by atoms with E-state index < -0.39 is 0 Å². The van der Waals surface area contributed by atoms with E-state index >= 15 is 0 Å². The van der Waals surface area contributed by atoms with Crippen LogP contribution in [0, 0.1) is 6.92 Å². The Labute approximate surface area is 116 Å². The van der Waals surface area contributed by atoms with Gasteiger partial charge in [0.2, 0.25) is 0 Å². The molecule has 0 amide bonds. The smallest absolute Gasteiger partial charge is 0.254 e. The summed E-state index contributed by atoms with van der Waals surface area (Å²) in [6.45, 7) is 4.09. The lowest BCUT2D eigenvalue weighted by Gasteiger charge is -2.15. The Hall–Kier alpha value is -2.37. The third-order valence-corrected chi connectivity index (χ3v) is 3.18. The number of furan rings is 1. The zero-order valence-electron chi connectivity index (χ0n) is 11.6. The van der Waals surface area contributed by atoms with Crippen molar-refractivity contribution >= 4 is 11.6 Å². The van der Waals surface area contributed by atoms with E-state index in [2.05, 4.69) is 27.3 Å². The number of aryl methyl sites for hydroxylation is 2. The molecule has 0 fully saturated rings. The van der Waals surface area contributed by atoms with Crippen LogP contribution in [0.15, 0.2) is 35.2 Å². The van der Waals surface area contributed by atoms with Gasteiger partial charge in [0.15, 0.2) is 0 Å². The van der Waals surface area contributed by atoms with Crippen LogP contribution in [-0.2, 0) is 6.42 Å². The second-order valence-electron chi connectivity index (χ2n) is 4.92. The van der Waals surface area contributed by atoms with E-state index in [1.54, 1.807) is 10.8 Å². The molecule has 6 heteroatoms. The molecule has 0 spiro atoms. The number of anilines is 1. The van der Waals surface area contributed by atoms with Crippen molar-refractivity contribution in [2.75, 3.05) is 5.32 Å². The number of aromatic nitrogens is 4. The Kier molecular flexibility index (Phi) is 3.37. The van der Waals surface area contributed by atoms with Gasteiger partial charge in [-0.05, 0) is 32.4 Å². The maximum atomic E-state index is 5.35. The summed E-state index contributed by atoms with van der Waals surface area (Å²) in [5.74, 6) is 2.54. The first kappa shape index (κ1) is 12.7. The summed E-state index contributed by atoms with van der Waals surface area (Å²) >= 11 is 0. The molecule has 104 valence electrons. The Morgan fingerprint density at radius 2 is 2.35 bits per heavy atom. The zero-order valence-corrected chi connectivity index (χ0v) is 11.6. The molecule has 0 unspecified atom stereocenters. The van der Waals surface area contributed by atoms with Crippen molar-refractivity contribution in [2.45, 2.75) is 32.7 Å². The largest absolute Gasteiger partial charge is 0.469 e. The average molecular weight is 271 g/mol. The maximum Gasteiger partial charge on any atom is 0.254 e. The van der Waals surface area contributed by atoms with Gasteiger partial charge in [0, 0.05) is 24.2 Å². The first-order valence-corrected chi connectivity index (χ1v) is 6.68. The van der Waals surface area contributed by atoms with Gasteiger partial charge < -0.3 is 9.73 Å². The highest BCUT2D eigenvalue weighted by Crippen LogP contribution is 2.14.